The van der Waals surface area contributed by atoms with Crippen molar-refractivity contribution in [2.24, 2.45) is 0 Å². The molecule has 0 spiro atoms. The fraction of sp³-hybridized carbons (Fsp3) is 0. The molecule has 0 aliphatic carbocycles. The normalized spacial score (nSPS) is 10.3. The molecule has 0 bridgehead atoms. The van der Waals surface area contributed by atoms with Crippen LogP contribution in [0.1, 0.15) is 10.5 Å². The Morgan fingerprint density at radius 2 is 1.78 bits per heavy atom. The van der Waals surface area contributed by atoms with E-state index in [4.69, 9.17) is 10.8 Å². The number of hydrogen-bond donors (Lipinski definition) is 2. The summed E-state index contributed by atoms with van der Waals surface area (Å²) in [5, 5.41) is 9.02. The lowest BCUT2D eigenvalue weighted by atomic mass is 10.2. The van der Waals surface area contributed by atoms with E-state index >= 15 is 0 Å². The zero-order valence-electron chi connectivity index (χ0n) is 8.89. The van der Waals surface area contributed by atoms with Gasteiger partial charge in [-0.05, 0) is 28.1 Å². The van der Waals surface area contributed by atoms with Crippen LogP contribution in [-0.4, -0.2) is 21.0 Å². The second-order valence-corrected chi connectivity index (χ2v) is 5.12. The molecule has 3 N–H and O–H groups in total. The fourth-order valence-electron chi connectivity index (χ4n) is 1.33. The molecule has 0 aliphatic heterocycles. The van der Waals surface area contributed by atoms with Crippen molar-refractivity contribution in [2.75, 3.05) is 5.73 Å². The van der Waals surface area contributed by atoms with Crippen LogP contribution in [0.15, 0.2) is 33.2 Å². The highest BCUT2D eigenvalue weighted by Gasteiger charge is 2.16. The van der Waals surface area contributed by atoms with Crippen LogP contribution in [0.2, 0.25) is 0 Å². The smallest absolute Gasteiger partial charge is 0.355 e. The van der Waals surface area contributed by atoms with E-state index in [1.165, 1.54) is 0 Å². The van der Waals surface area contributed by atoms with Crippen molar-refractivity contribution < 1.29 is 9.90 Å². The van der Waals surface area contributed by atoms with Crippen LogP contribution in [0, 0.1) is 0 Å². The first-order valence-corrected chi connectivity index (χ1v) is 6.40. The Morgan fingerprint density at radius 1 is 1.17 bits per heavy atom. The number of anilines is 1. The maximum Gasteiger partial charge on any atom is 0.355 e. The average molecular weight is 373 g/mol. The molecule has 1 aromatic heterocycles. The lowest BCUT2D eigenvalue weighted by molar-refractivity contribution is 0.0689. The van der Waals surface area contributed by atoms with Gasteiger partial charge in [-0.1, -0.05) is 28.1 Å². The van der Waals surface area contributed by atoms with Crippen LogP contribution >= 0.6 is 31.9 Å². The third kappa shape index (κ3) is 2.51. The Bertz CT molecular complexity index is 614. The lowest BCUT2D eigenvalue weighted by Gasteiger charge is -2.06. The van der Waals surface area contributed by atoms with Gasteiger partial charge in [0.05, 0.1) is 4.47 Å². The minimum atomic E-state index is -1.16. The summed E-state index contributed by atoms with van der Waals surface area (Å²) in [6.45, 7) is 0. The monoisotopic (exact) mass is 371 g/mol. The number of halogens is 2. The van der Waals surface area contributed by atoms with Gasteiger partial charge in [-0.25, -0.2) is 14.8 Å². The van der Waals surface area contributed by atoms with E-state index in [-0.39, 0.29) is 21.8 Å². The fourth-order valence-corrected chi connectivity index (χ4v) is 1.95. The molecule has 18 heavy (non-hydrogen) atoms. The van der Waals surface area contributed by atoms with Gasteiger partial charge in [0.2, 0.25) is 0 Å². The highest BCUT2D eigenvalue weighted by Crippen LogP contribution is 2.25. The molecule has 2 aromatic rings. The maximum atomic E-state index is 11.0. The second-order valence-electron chi connectivity index (χ2n) is 3.41. The minimum Gasteiger partial charge on any atom is -0.476 e. The third-order valence-electron chi connectivity index (χ3n) is 2.18. The molecule has 1 aromatic carbocycles. The molecule has 0 amide bonds. The van der Waals surface area contributed by atoms with Gasteiger partial charge in [0, 0.05) is 10.0 Å². The summed E-state index contributed by atoms with van der Waals surface area (Å²) in [6, 6.07) is 7.19. The van der Waals surface area contributed by atoms with Crippen molar-refractivity contribution in [3.05, 3.63) is 38.9 Å². The summed E-state index contributed by atoms with van der Waals surface area (Å²) in [4.78, 5) is 19.1. The molecule has 0 fully saturated rings. The largest absolute Gasteiger partial charge is 0.476 e. The van der Waals surface area contributed by atoms with Gasteiger partial charge in [-0.2, -0.15) is 0 Å². The number of carbonyl (C=O) groups is 1. The second kappa shape index (κ2) is 5.03. The third-order valence-corrected chi connectivity index (χ3v) is 3.49. The Morgan fingerprint density at radius 3 is 2.33 bits per heavy atom. The molecule has 0 radical (unpaired) electrons. The van der Waals surface area contributed by atoms with Gasteiger partial charge in [-0.15, -0.1) is 0 Å². The molecule has 0 aliphatic rings. The van der Waals surface area contributed by atoms with Gasteiger partial charge in [0.1, 0.15) is 5.82 Å². The van der Waals surface area contributed by atoms with Crippen molar-refractivity contribution in [1.82, 2.24) is 9.97 Å². The molecule has 92 valence electrons. The first-order chi connectivity index (χ1) is 8.49. The highest BCUT2D eigenvalue weighted by atomic mass is 79.9. The number of nitrogen functional groups attached to an aromatic ring is 1. The van der Waals surface area contributed by atoms with Gasteiger partial charge < -0.3 is 10.8 Å². The number of rotatable bonds is 2. The van der Waals surface area contributed by atoms with Crippen LogP contribution in [0.25, 0.3) is 11.4 Å². The number of carboxylic acids is 1. The number of aromatic carboxylic acids is 1. The average Bonchev–Trinajstić information content (AvgIpc) is 2.33. The van der Waals surface area contributed by atoms with E-state index in [2.05, 4.69) is 41.8 Å². The lowest BCUT2D eigenvalue weighted by Crippen LogP contribution is -2.07. The van der Waals surface area contributed by atoms with Crippen LogP contribution in [0.5, 0.6) is 0 Å². The first kappa shape index (κ1) is 13.0. The van der Waals surface area contributed by atoms with Crippen molar-refractivity contribution in [3.63, 3.8) is 0 Å². The van der Waals surface area contributed by atoms with Gasteiger partial charge in [-0.3, -0.25) is 0 Å². The number of nitrogens with two attached hydrogens (primary N) is 1. The van der Waals surface area contributed by atoms with Crippen molar-refractivity contribution in [1.29, 1.82) is 0 Å². The summed E-state index contributed by atoms with van der Waals surface area (Å²) in [6.07, 6.45) is 0. The molecule has 2 rings (SSSR count). The molecule has 0 unspecified atom stereocenters. The first-order valence-electron chi connectivity index (χ1n) is 4.81. The number of nitrogens with zero attached hydrogens (tertiary/aromatic N) is 2. The van der Waals surface area contributed by atoms with Crippen molar-refractivity contribution in [2.45, 2.75) is 0 Å². The molecule has 0 saturated heterocycles. The standard InChI is InChI=1S/C11H7Br2N3O2/c12-6-3-1-5(2-4-6)10-15-8(11(17)18)7(13)9(14)16-10/h1-4H,(H,17,18)(H2,14,15,16). The van der Waals surface area contributed by atoms with Gasteiger partial charge in [0.15, 0.2) is 11.5 Å². The summed E-state index contributed by atoms with van der Waals surface area (Å²) >= 11 is 6.38. The summed E-state index contributed by atoms with van der Waals surface area (Å²) in [7, 11) is 0. The SMILES string of the molecule is Nc1nc(-c2ccc(Br)cc2)nc(C(=O)O)c1Br. The van der Waals surface area contributed by atoms with E-state index in [0.29, 0.717) is 5.56 Å². The molecule has 0 saturated carbocycles. The van der Waals surface area contributed by atoms with E-state index in [9.17, 15) is 4.79 Å². The van der Waals surface area contributed by atoms with Crippen molar-refractivity contribution in [3.8, 4) is 11.4 Å². The summed E-state index contributed by atoms with van der Waals surface area (Å²) in [5.74, 6) is -0.782. The van der Waals surface area contributed by atoms with E-state index in [1.807, 2.05) is 12.1 Å². The Kier molecular flexibility index (Phi) is 3.63. The molecule has 7 heteroatoms. The molecule has 0 atom stereocenters. The van der Waals surface area contributed by atoms with Gasteiger partial charge in [0.25, 0.3) is 0 Å². The number of hydrogen-bond acceptors (Lipinski definition) is 4. The topological polar surface area (TPSA) is 89.1 Å². The predicted octanol–water partition coefficient (Wildman–Crippen LogP) is 2.95. The molecule has 1 heterocycles. The zero-order chi connectivity index (χ0) is 13.3. The Labute approximate surface area is 119 Å². The predicted molar refractivity (Wildman–Crippen MR) is 74.2 cm³/mol. The van der Waals surface area contributed by atoms with Crippen molar-refractivity contribution >= 4 is 43.6 Å². The molecule has 5 nitrogen and oxygen atoms in total. The molecular weight excluding hydrogens is 366 g/mol. The highest BCUT2D eigenvalue weighted by molar-refractivity contribution is 9.11. The number of benzene rings is 1. The van der Waals surface area contributed by atoms with E-state index in [1.54, 1.807) is 12.1 Å². The number of aromatic nitrogens is 2. The summed E-state index contributed by atoms with van der Waals surface area (Å²) in [5.41, 5.74) is 6.20. The van der Waals surface area contributed by atoms with Crippen LogP contribution in [0.3, 0.4) is 0 Å². The zero-order valence-corrected chi connectivity index (χ0v) is 12.1. The maximum absolute atomic E-state index is 11.0. The Hall–Kier alpha value is -1.47. The quantitative estimate of drug-likeness (QED) is 0.845. The number of carboxylic acid groups (broad SMARTS) is 1. The minimum absolute atomic E-state index is 0.0975. The summed E-state index contributed by atoms with van der Waals surface area (Å²) < 4.78 is 1.10. The van der Waals surface area contributed by atoms with E-state index in [0.717, 1.165) is 4.47 Å². The van der Waals surface area contributed by atoms with Crippen LogP contribution in [-0.2, 0) is 0 Å². The van der Waals surface area contributed by atoms with Gasteiger partial charge >= 0.3 is 5.97 Å². The van der Waals surface area contributed by atoms with Crippen LogP contribution in [0.4, 0.5) is 5.82 Å². The van der Waals surface area contributed by atoms with Crippen LogP contribution < -0.4 is 5.73 Å². The Balaban J connectivity index is 2.59. The molecular formula is C11H7Br2N3O2. The van der Waals surface area contributed by atoms with E-state index < -0.39 is 5.97 Å².